The summed E-state index contributed by atoms with van der Waals surface area (Å²) in [7, 11) is 0. The van der Waals surface area contributed by atoms with Gasteiger partial charge in [0.15, 0.2) is 6.61 Å². The molecule has 0 spiro atoms. The molecule has 1 aliphatic heterocycles. The maximum absolute atomic E-state index is 13.5. The normalized spacial score (nSPS) is 14.5. The van der Waals surface area contributed by atoms with E-state index in [-0.39, 0.29) is 30.3 Å². The fourth-order valence-electron chi connectivity index (χ4n) is 4.65. The highest BCUT2D eigenvalue weighted by molar-refractivity contribution is 5.95. The third kappa shape index (κ3) is 5.70. The van der Waals surface area contributed by atoms with Gasteiger partial charge in [-0.15, -0.1) is 0 Å². The number of nitrogens with one attached hydrogen (secondary N) is 1. The number of benzene rings is 4. The first-order chi connectivity index (χ1) is 18.1. The maximum Gasteiger partial charge on any atom is 0.258 e. The Morgan fingerprint density at radius 2 is 1.59 bits per heavy atom. The molecular formula is C31H27FN2O3. The Morgan fingerprint density at radius 1 is 0.892 bits per heavy atom. The number of amides is 2. The highest BCUT2D eigenvalue weighted by Gasteiger charge is 2.32. The number of halogens is 1. The van der Waals surface area contributed by atoms with Gasteiger partial charge in [0, 0.05) is 18.7 Å². The zero-order valence-corrected chi connectivity index (χ0v) is 20.3. The molecule has 1 heterocycles. The summed E-state index contributed by atoms with van der Waals surface area (Å²) >= 11 is 0. The second kappa shape index (κ2) is 11.1. The largest absolute Gasteiger partial charge is 0.484 e. The Labute approximate surface area is 215 Å². The number of carbonyl (C=O) groups excluding carboxylic acids is 2. The van der Waals surface area contributed by atoms with Gasteiger partial charge in [0.05, 0.1) is 6.04 Å². The molecule has 1 atom stereocenters. The summed E-state index contributed by atoms with van der Waals surface area (Å²) < 4.78 is 18.9. The number of rotatable bonds is 7. The molecule has 5 nitrogen and oxygen atoms in total. The minimum absolute atomic E-state index is 0.0217. The molecule has 0 radical (unpaired) electrons. The zero-order chi connectivity index (χ0) is 25.6. The SMILES string of the molecule is O=C(COc1ccc2c(c1)[C@H](c1ccccc1)N(C(=O)c1ccccc1)CC2)NCc1ccc(F)cc1. The lowest BCUT2D eigenvalue weighted by Gasteiger charge is -2.38. The van der Waals surface area contributed by atoms with Gasteiger partial charge in [0.1, 0.15) is 11.6 Å². The summed E-state index contributed by atoms with van der Waals surface area (Å²) in [6, 6.07) is 30.8. The summed E-state index contributed by atoms with van der Waals surface area (Å²) in [5.41, 5.74) is 4.61. The van der Waals surface area contributed by atoms with E-state index in [1.165, 1.54) is 12.1 Å². The highest BCUT2D eigenvalue weighted by Crippen LogP contribution is 2.38. The topological polar surface area (TPSA) is 58.6 Å². The van der Waals surface area contributed by atoms with Crippen molar-refractivity contribution in [3.63, 3.8) is 0 Å². The van der Waals surface area contributed by atoms with Gasteiger partial charge in [-0.05, 0) is 65.1 Å². The van der Waals surface area contributed by atoms with Crippen LogP contribution in [0, 0.1) is 5.82 Å². The van der Waals surface area contributed by atoms with Gasteiger partial charge in [0.25, 0.3) is 11.8 Å². The van der Waals surface area contributed by atoms with Crippen LogP contribution in [0.5, 0.6) is 5.75 Å². The van der Waals surface area contributed by atoms with E-state index in [0.29, 0.717) is 24.4 Å². The first-order valence-corrected chi connectivity index (χ1v) is 12.3. The molecule has 0 bridgehead atoms. The molecule has 2 amide bonds. The van der Waals surface area contributed by atoms with Crippen LogP contribution in [-0.2, 0) is 17.8 Å². The quantitative estimate of drug-likeness (QED) is 0.379. The third-order valence-electron chi connectivity index (χ3n) is 6.52. The summed E-state index contributed by atoms with van der Waals surface area (Å²) in [5.74, 6) is -0.0524. The van der Waals surface area contributed by atoms with Gasteiger partial charge < -0.3 is 15.0 Å². The molecule has 0 unspecified atom stereocenters. The van der Waals surface area contributed by atoms with Crippen LogP contribution >= 0.6 is 0 Å². The zero-order valence-electron chi connectivity index (χ0n) is 20.3. The predicted octanol–water partition coefficient (Wildman–Crippen LogP) is 5.31. The lowest BCUT2D eigenvalue weighted by Crippen LogP contribution is -2.40. The van der Waals surface area contributed by atoms with Gasteiger partial charge in [-0.2, -0.15) is 0 Å². The van der Waals surface area contributed by atoms with E-state index >= 15 is 0 Å². The summed E-state index contributed by atoms with van der Waals surface area (Å²) in [6.07, 6.45) is 0.732. The number of carbonyl (C=O) groups is 2. The lowest BCUT2D eigenvalue weighted by atomic mass is 9.87. The monoisotopic (exact) mass is 494 g/mol. The second-order valence-electron chi connectivity index (χ2n) is 8.98. The molecule has 5 rings (SSSR count). The van der Waals surface area contributed by atoms with E-state index in [1.807, 2.05) is 83.8 Å². The van der Waals surface area contributed by atoms with Crippen molar-refractivity contribution in [1.29, 1.82) is 0 Å². The van der Waals surface area contributed by atoms with Gasteiger partial charge in [0.2, 0.25) is 0 Å². The van der Waals surface area contributed by atoms with E-state index in [0.717, 1.165) is 28.7 Å². The number of hydrogen-bond acceptors (Lipinski definition) is 3. The summed E-state index contributed by atoms with van der Waals surface area (Å²) in [6.45, 7) is 0.744. The van der Waals surface area contributed by atoms with E-state index in [4.69, 9.17) is 4.74 Å². The van der Waals surface area contributed by atoms with Crippen molar-refractivity contribution in [2.75, 3.05) is 13.2 Å². The van der Waals surface area contributed by atoms with Crippen LogP contribution in [-0.4, -0.2) is 29.9 Å². The Hall–Kier alpha value is -4.45. The molecule has 6 heteroatoms. The fraction of sp³-hybridized carbons (Fsp3) is 0.161. The number of nitrogens with zero attached hydrogens (tertiary/aromatic N) is 1. The van der Waals surface area contributed by atoms with E-state index in [2.05, 4.69) is 5.32 Å². The number of ether oxygens (including phenoxy) is 1. The average Bonchev–Trinajstić information content (AvgIpc) is 2.95. The molecule has 1 N–H and O–H groups in total. The second-order valence-corrected chi connectivity index (χ2v) is 8.98. The molecule has 4 aromatic rings. The van der Waals surface area contributed by atoms with Crippen LogP contribution in [0.1, 0.15) is 38.7 Å². The van der Waals surface area contributed by atoms with Crippen molar-refractivity contribution in [3.8, 4) is 5.75 Å². The molecule has 0 saturated carbocycles. The lowest BCUT2D eigenvalue weighted by molar-refractivity contribution is -0.123. The summed E-state index contributed by atoms with van der Waals surface area (Å²) in [5, 5.41) is 2.79. The smallest absolute Gasteiger partial charge is 0.258 e. The van der Waals surface area contributed by atoms with E-state index < -0.39 is 0 Å². The Balaban J connectivity index is 1.34. The molecule has 186 valence electrons. The Bertz CT molecular complexity index is 1370. The molecule has 0 fully saturated rings. The van der Waals surface area contributed by atoms with Crippen molar-refractivity contribution >= 4 is 11.8 Å². The van der Waals surface area contributed by atoms with Crippen LogP contribution in [0.3, 0.4) is 0 Å². The molecule has 4 aromatic carbocycles. The van der Waals surface area contributed by atoms with Crippen LogP contribution in [0.25, 0.3) is 0 Å². The van der Waals surface area contributed by atoms with Crippen LogP contribution in [0.2, 0.25) is 0 Å². The van der Waals surface area contributed by atoms with Crippen molar-refractivity contribution < 1.29 is 18.7 Å². The van der Waals surface area contributed by atoms with Crippen molar-refractivity contribution in [2.24, 2.45) is 0 Å². The minimum atomic E-state index is -0.316. The van der Waals surface area contributed by atoms with Gasteiger partial charge >= 0.3 is 0 Å². The van der Waals surface area contributed by atoms with E-state index in [1.54, 1.807) is 12.1 Å². The van der Waals surface area contributed by atoms with Crippen molar-refractivity contribution in [3.05, 3.63) is 137 Å². The molecular weight excluding hydrogens is 467 g/mol. The van der Waals surface area contributed by atoms with Crippen LogP contribution in [0.4, 0.5) is 4.39 Å². The maximum atomic E-state index is 13.5. The molecule has 0 aliphatic carbocycles. The summed E-state index contributed by atoms with van der Waals surface area (Å²) in [4.78, 5) is 27.8. The van der Waals surface area contributed by atoms with Crippen molar-refractivity contribution in [2.45, 2.75) is 19.0 Å². The minimum Gasteiger partial charge on any atom is -0.484 e. The van der Waals surface area contributed by atoms with Gasteiger partial charge in [-0.25, -0.2) is 4.39 Å². The Morgan fingerprint density at radius 3 is 2.32 bits per heavy atom. The predicted molar refractivity (Wildman–Crippen MR) is 140 cm³/mol. The standard InChI is InChI=1S/C31H27FN2O3/c32-26-14-11-22(12-15-26)20-33-29(35)21-37-27-16-13-23-17-18-34(31(36)25-9-5-2-6-10-25)30(28(23)19-27)24-7-3-1-4-8-24/h1-16,19,30H,17-18,20-21H2,(H,33,35)/t30-/m0/s1. The number of hydrogen-bond donors (Lipinski definition) is 1. The first kappa shape index (κ1) is 24.3. The van der Waals surface area contributed by atoms with E-state index in [9.17, 15) is 14.0 Å². The molecule has 1 aliphatic rings. The van der Waals surface area contributed by atoms with Crippen LogP contribution in [0.15, 0.2) is 103 Å². The van der Waals surface area contributed by atoms with Crippen molar-refractivity contribution in [1.82, 2.24) is 10.2 Å². The molecule has 37 heavy (non-hydrogen) atoms. The fourth-order valence-corrected chi connectivity index (χ4v) is 4.65. The highest BCUT2D eigenvalue weighted by atomic mass is 19.1. The molecule has 0 saturated heterocycles. The Kier molecular flexibility index (Phi) is 7.26. The number of fused-ring (bicyclic) bond motifs is 1. The third-order valence-corrected chi connectivity index (χ3v) is 6.52. The first-order valence-electron chi connectivity index (χ1n) is 12.3. The molecule has 0 aromatic heterocycles. The van der Waals surface area contributed by atoms with Gasteiger partial charge in [-0.1, -0.05) is 66.7 Å². The van der Waals surface area contributed by atoms with Crippen LogP contribution < -0.4 is 10.1 Å². The van der Waals surface area contributed by atoms with Gasteiger partial charge in [-0.3, -0.25) is 9.59 Å². The average molecular weight is 495 g/mol.